The van der Waals surface area contributed by atoms with Gasteiger partial charge in [-0.2, -0.15) is 0 Å². The fraction of sp³-hybridized carbons (Fsp3) is 0.629. The van der Waals surface area contributed by atoms with Crippen LogP contribution in [0.15, 0.2) is 36.9 Å². The molecule has 5 amide bonds. The molecule has 4 N–H and O–H groups in total. The van der Waals surface area contributed by atoms with E-state index in [-0.39, 0.29) is 47.7 Å². The van der Waals surface area contributed by atoms with Gasteiger partial charge in [0.2, 0.25) is 17.6 Å². The van der Waals surface area contributed by atoms with Crippen molar-refractivity contribution in [3.8, 4) is 0 Å². The van der Waals surface area contributed by atoms with E-state index in [4.69, 9.17) is 0 Å². The van der Waals surface area contributed by atoms with Crippen LogP contribution in [0, 0.1) is 23.2 Å². The van der Waals surface area contributed by atoms with Gasteiger partial charge in [-0.05, 0) is 66.4 Å². The smallest absolute Gasteiger partial charge is 0.315 e. The van der Waals surface area contributed by atoms with Crippen molar-refractivity contribution in [2.75, 3.05) is 13.1 Å². The molecule has 3 aliphatic carbocycles. The van der Waals surface area contributed by atoms with E-state index in [2.05, 4.69) is 53.8 Å². The number of hydrogen-bond acceptors (Lipinski definition) is 5. The van der Waals surface area contributed by atoms with Gasteiger partial charge in [-0.1, -0.05) is 76.8 Å². The quantitative estimate of drug-likeness (QED) is 0.211. The first-order chi connectivity index (χ1) is 21.6. The molecule has 1 heterocycles. The van der Waals surface area contributed by atoms with E-state index < -0.39 is 35.7 Å². The Hall–Kier alpha value is -3.69. The van der Waals surface area contributed by atoms with Crippen LogP contribution in [0.3, 0.4) is 0 Å². The number of hydrogen-bond donors (Lipinski definition) is 4. The highest BCUT2D eigenvalue weighted by molar-refractivity contribution is 6.38. The Labute approximate surface area is 266 Å². The summed E-state index contributed by atoms with van der Waals surface area (Å²) >= 11 is 0. The van der Waals surface area contributed by atoms with Crippen LogP contribution in [-0.2, 0) is 32.0 Å². The zero-order valence-corrected chi connectivity index (χ0v) is 26.9. The molecule has 0 aromatic heterocycles. The van der Waals surface area contributed by atoms with Gasteiger partial charge in [-0.15, -0.1) is 6.58 Å². The van der Waals surface area contributed by atoms with E-state index in [9.17, 15) is 24.0 Å². The fourth-order valence-corrected chi connectivity index (χ4v) is 8.04. The number of carbonyl (C=O) groups is 5. The van der Waals surface area contributed by atoms with Gasteiger partial charge in [0.15, 0.2) is 0 Å². The number of piperidine rings is 1. The number of amides is 5. The molecule has 3 unspecified atom stereocenters. The van der Waals surface area contributed by atoms with Gasteiger partial charge < -0.3 is 26.2 Å². The zero-order chi connectivity index (χ0) is 32.3. The predicted molar refractivity (Wildman–Crippen MR) is 171 cm³/mol. The topological polar surface area (TPSA) is 137 Å². The lowest BCUT2D eigenvalue weighted by Gasteiger charge is -2.35. The van der Waals surface area contributed by atoms with Crippen LogP contribution in [0.25, 0.3) is 0 Å². The van der Waals surface area contributed by atoms with Gasteiger partial charge in [0.1, 0.15) is 12.1 Å². The van der Waals surface area contributed by atoms with E-state index in [1.54, 1.807) is 4.90 Å². The summed E-state index contributed by atoms with van der Waals surface area (Å²) in [6.07, 6.45) is 8.86. The molecular weight excluding hydrogens is 570 g/mol. The SMILES string of the molecule is C=CCNC(=O)C(=O)C(CCC)NC(=O)[C@@H]1C2C(CN1C(=O)[C@@H](NC(=O)NC1CCCCC1)C1Cc3ccccc3C1)C2(C)C. The van der Waals surface area contributed by atoms with Crippen LogP contribution >= 0.6 is 0 Å². The molecule has 3 fully saturated rings. The van der Waals surface area contributed by atoms with E-state index in [1.165, 1.54) is 23.6 Å². The second-order valence-corrected chi connectivity index (χ2v) is 14.0. The van der Waals surface area contributed by atoms with Gasteiger partial charge in [-0.3, -0.25) is 19.2 Å². The van der Waals surface area contributed by atoms with Gasteiger partial charge in [0.25, 0.3) is 5.91 Å². The molecule has 45 heavy (non-hydrogen) atoms. The Morgan fingerprint density at radius 2 is 1.69 bits per heavy atom. The number of benzene rings is 1. The van der Waals surface area contributed by atoms with E-state index in [1.807, 2.05) is 19.1 Å². The monoisotopic (exact) mass is 619 g/mol. The van der Waals surface area contributed by atoms with Crippen LogP contribution in [-0.4, -0.2) is 71.7 Å². The first-order valence-electron chi connectivity index (χ1n) is 16.7. The number of nitrogens with zero attached hydrogens (tertiary/aromatic N) is 1. The molecule has 1 aliphatic heterocycles. The van der Waals surface area contributed by atoms with Gasteiger partial charge in [-0.25, -0.2) is 4.79 Å². The van der Waals surface area contributed by atoms with Crippen LogP contribution < -0.4 is 21.3 Å². The number of ketones is 1. The first kappa shape index (κ1) is 32.7. The third-order valence-electron chi connectivity index (χ3n) is 10.6. The zero-order valence-electron chi connectivity index (χ0n) is 26.9. The summed E-state index contributed by atoms with van der Waals surface area (Å²) in [7, 11) is 0. The fourth-order valence-electron chi connectivity index (χ4n) is 8.04. The Morgan fingerprint density at radius 3 is 2.31 bits per heavy atom. The molecule has 1 aromatic rings. The lowest BCUT2D eigenvalue weighted by molar-refractivity contribution is -0.144. The molecule has 10 nitrogen and oxygen atoms in total. The van der Waals surface area contributed by atoms with E-state index >= 15 is 0 Å². The van der Waals surface area contributed by atoms with Crippen LogP contribution in [0.5, 0.6) is 0 Å². The molecule has 0 radical (unpaired) electrons. The van der Waals surface area contributed by atoms with Gasteiger partial charge in [0.05, 0.1) is 6.04 Å². The Bertz CT molecular complexity index is 1300. The van der Waals surface area contributed by atoms with Crippen molar-refractivity contribution in [3.05, 3.63) is 48.0 Å². The molecular formula is C35H49N5O5. The summed E-state index contributed by atoms with van der Waals surface area (Å²) in [5, 5.41) is 11.5. The molecule has 10 heteroatoms. The average Bonchev–Trinajstić information content (AvgIpc) is 3.39. The highest BCUT2D eigenvalue weighted by Gasteiger charge is 2.69. The van der Waals surface area contributed by atoms with E-state index in [0.29, 0.717) is 32.2 Å². The normalized spacial score (nSPS) is 24.9. The third-order valence-corrected chi connectivity index (χ3v) is 10.6. The van der Waals surface area contributed by atoms with Gasteiger partial charge >= 0.3 is 6.03 Å². The molecule has 4 aliphatic rings. The van der Waals surface area contributed by atoms with E-state index in [0.717, 1.165) is 25.7 Å². The van der Waals surface area contributed by atoms with Crippen LogP contribution in [0.2, 0.25) is 0 Å². The van der Waals surface area contributed by atoms with Crippen molar-refractivity contribution < 1.29 is 24.0 Å². The lowest BCUT2D eigenvalue weighted by atomic mass is 9.93. The molecule has 0 bridgehead atoms. The largest absolute Gasteiger partial charge is 0.346 e. The number of nitrogens with one attached hydrogen (secondary N) is 4. The minimum Gasteiger partial charge on any atom is -0.346 e. The molecule has 1 saturated heterocycles. The molecule has 1 aromatic carbocycles. The molecule has 5 rings (SSSR count). The predicted octanol–water partition coefficient (Wildman–Crippen LogP) is 3.04. The summed E-state index contributed by atoms with van der Waals surface area (Å²) in [5.41, 5.74) is 2.20. The summed E-state index contributed by atoms with van der Waals surface area (Å²) in [4.78, 5) is 69.0. The Balaban J connectivity index is 1.36. The van der Waals surface area contributed by atoms with Crippen LogP contribution in [0.4, 0.5) is 4.79 Å². The summed E-state index contributed by atoms with van der Waals surface area (Å²) in [6.45, 7) is 10.2. The van der Waals surface area contributed by atoms with Crippen molar-refractivity contribution >= 4 is 29.5 Å². The van der Waals surface area contributed by atoms with Crippen molar-refractivity contribution in [2.24, 2.45) is 23.2 Å². The summed E-state index contributed by atoms with van der Waals surface area (Å²) < 4.78 is 0. The number of likely N-dealkylation sites (tertiary alicyclic amines) is 1. The number of carbonyl (C=O) groups excluding carboxylic acids is 5. The summed E-state index contributed by atoms with van der Waals surface area (Å²) in [5.74, 6) is -2.27. The molecule has 244 valence electrons. The van der Waals surface area contributed by atoms with Crippen molar-refractivity contribution in [1.82, 2.24) is 26.2 Å². The lowest BCUT2D eigenvalue weighted by Crippen LogP contribution is -2.60. The second kappa shape index (κ2) is 13.7. The van der Waals surface area contributed by atoms with Crippen molar-refractivity contribution in [1.29, 1.82) is 0 Å². The number of urea groups is 1. The van der Waals surface area contributed by atoms with Crippen molar-refractivity contribution in [2.45, 2.75) is 103 Å². The summed E-state index contributed by atoms with van der Waals surface area (Å²) in [6, 6.07) is 5.26. The average molecular weight is 620 g/mol. The highest BCUT2D eigenvalue weighted by atomic mass is 16.2. The minimum atomic E-state index is -0.996. The Kier molecular flexibility index (Phi) is 9.99. The first-order valence-corrected chi connectivity index (χ1v) is 16.7. The third kappa shape index (κ3) is 6.94. The number of rotatable bonds is 12. The second-order valence-electron chi connectivity index (χ2n) is 14.0. The molecule has 0 spiro atoms. The van der Waals surface area contributed by atoms with Gasteiger partial charge in [0, 0.05) is 19.1 Å². The molecule has 5 atom stereocenters. The maximum Gasteiger partial charge on any atom is 0.315 e. The van der Waals surface area contributed by atoms with Crippen molar-refractivity contribution in [3.63, 3.8) is 0 Å². The minimum absolute atomic E-state index is 0.0779. The van der Waals surface area contributed by atoms with Crippen LogP contribution in [0.1, 0.15) is 76.8 Å². The standard InChI is InChI=1S/C35H49N5O5/c1-5-12-26(30(41)32(43)36-17-6-2)38-31(42)29-27-25(35(27,3)4)20-40(29)33(44)28(23-18-21-13-10-11-14-22(21)19-23)39-34(45)37-24-15-8-7-9-16-24/h6,10-11,13-14,23-29H,2,5,7-9,12,15-20H2,1,3-4H3,(H,36,43)(H,38,42)(H2,37,39,45)/t25?,26?,27?,28-,29-/m0/s1. The maximum absolute atomic E-state index is 14.5. The molecule has 2 saturated carbocycles. The maximum atomic E-state index is 14.5. The number of fused-ring (bicyclic) bond motifs is 2. The highest BCUT2D eigenvalue weighted by Crippen LogP contribution is 2.65. The Morgan fingerprint density at radius 1 is 1.02 bits per heavy atom. The number of Topliss-reactive ketones (excluding diaryl/α,β-unsaturated/α-hetero) is 1.